The van der Waals surface area contributed by atoms with Gasteiger partial charge in [-0.25, -0.2) is 9.97 Å². The van der Waals surface area contributed by atoms with E-state index in [-0.39, 0.29) is 5.28 Å². The third-order valence-corrected chi connectivity index (χ3v) is 9.36. The van der Waals surface area contributed by atoms with E-state index >= 15 is 0 Å². The van der Waals surface area contributed by atoms with Gasteiger partial charge in [0.05, 0.1) is 12.1 Å². The molecule has 1 fully saturated rings. The zero-order chi connectivity index (χ0) is 26.8. The number of hydrogen-bond donors (Lipinski definition) is 6. The van der Waals surface area contributed by atoms with Crippen molar-refractivity contribution in [2.75, 3.05) is 24.4 Å². The Morgan fingerprint density at radius 1 is 1.03 bits per heavy atom. The highest BCUT2D eigenvalue weighted by molar-refractivity contribution is 7.70. The second-order valence-electron chi connectivity index (χ2n) is 8.60. The molecule has 2 heterocycles. The number of nitrogens with zero attached hydrogens (tertiary/aromatic N) is 2. The van der Waals surface area contributed by atoms with Gasteiger partial charge in [0, 0.05) is 11.9 Å². The summed E-state index contributed by atoms with van der Waals surface area (Å²) < 4.78 is 33.3. The van der Waals surface area contributed by atoms with Crippen LogP contribution in [0.15, 0.2) is 48.5 Å². The van der Waals surface area contributed by atoms with Crippen LogP contribution in [0.5, 0.6) is 0 Å². The fraction of sp³-hybridized carbons (Fsp3) is 0.364. The maximum atomic E-state index is 11.9. The predicted octanol–water partition coefficient (Wildman–Crippen LogP) is 2.44. The number of hydrogen-bond acceptors (Lipinski definition) is 9. The van der Waals surface area contributed by atoms with Crippen LogP contribution >= 0.6 is 26.8 Å². The fourth-order valence-corrected chi connectivity index (χ4v) is 6.77. The number of nitrogens with one attached hydrogen (secondary N) is 1. The summed E-state index contributed by atoms with van der Waals surface area (Å²) in [6, 6.07) is 14.9. The van der Waals surface area contributed by atoms with Gasteiger partial charge in [-0.3, -0.25) is 9.13 Å². The summed E-state index contributed by atoms with van der Waals surface area (Å²) in [5.41, 5.74) is 2.07. The lowest BCUT2D eigenvalue weighted by Gasteiger charge is -2.18. The Morgan fingerprint density at radius 2 is 1.76 bits per heavy atom. The molecule has 12 nitrogen and oxygen atoms in total. The molecule has 15 heteroatoms. The predicted molar refractivity (Wildman–Crippen MR) is 135 cm³/mol. The normalized spacial score (nSPS) is 23.7. The number of ether oxygens (including phenoxy) is 1. The van der Waals surface area contributed by atoms with Gasteiger partial charge in [-0.05, 0) is 41.3 Å². The van der Waals surface area contributed by atoms with E-state index in [4.69, 9.17) is 30.6 Å². The summed E-state index contributed by atoms with van der Waals surface area (Å²) in [4.78, 5) is 36.0. The summed E-state index contributed by atoms with van der Waals surface area (Å²) >= 11 is 6.13. The molecule has 0 aliphatic carbocycles. The van der Waals surface area contributed by atoms with Crippen LogP contribution in [0.3, 0.4) is 0 Å². The topological polar surface area (TPSA) is 192 Å². The minimum Gasteiger partial charge on any atom is -0.387 e. The first-order valence-electron chi connectivity index (χ1n) is 11.2. The first-order valence-corrected chi connectivity index (χ1v) is 15.1. The Labute approximate surface area is 217 Å². The number of aliphatic hydroxyl groups excluding tert-OH is 2. The second-order valence-corrected chi connectivity index (χ2v) is 12.9. The number of aliphatic hydroxyl groups is 2. The molecule has 200 valence electrons. The van der Waals surface area contributed by atoms with Gasteiger partial charge in [0.1, 0.15) is 30.2 Å². The zero-order valence-electron chi connectivity index (χ0n) is 19.3. The van der Waals surface area contributed by atoms with Gasteiger partial charge in [-0.15, -0.1) is 0 Å². The first-order chi connectivity index (χ1) is 17.4. The van der Waals surface area contributed by atoms with Crippen molar-refractivity contribution >= 4 is 43.5 Å². The molecule has 5 atom stereocenters. The average molecular weight is 574 g/mol. The van der Waals surface area contributed by atoms with Crippen LogP contribution in [0, 0.1) is 0 Å². The lowest BCUT2D eigenvalue weighted by Crippen LogP contribution is -2.33. The molecule has 0 saturated carbocycles. The minimum absolute atomic E-state index is 0.00909. The summed E-state index contributed by atoms with van der Waals surface area (Å²) in [6.45, 7) is -0.0666. The van der Waals surface area contributed by atoms with Gasteiger partial charge < -0.3 is 39.5 Å². The Bertz CT molecular complexity index is 1340. The van der Waals surface area contributed by atoms with Crippen molar-refractivity contribution < 1.29 is 43.3 Å². The number of anilines is 1. The van der Waals surface area contributed by atoms with E-state index in [1.165, 1.54) is 0 Å². The van der Waals surface area contributed by atoms with E-state index in [0.29, 0.717) is 28.8 Å². The van der Waals surface area contributed by atoms with Gasteiger partial charge >= 0.3 is 15.2 Å². The van der Waals surface area contributed by atoms with Gasteiger partial charge in [-0.2, -0.15) is 0 Å². The number of fused-ring (bicyclic) bond motifs is 1. The summed E-state index contributed by atoms with van der Waals surface area (Å²) in [5.74, 6) is -0.845. The van der Waals surface area contributed by atoms with Gasteiger partial charge in [-0.1, -0.05) is 36.4 Å². The van der Waals surface area contributed by atoms with E-state index in [1.54, 1.807) is 18.2 Å². The molecule has 1 aliphatic rings. The van der Waals surface area contributed by atoms with E-state index in [2.05, 4.69) is 15.3 Å². The number of halogens is 1. The second kappa shape index (κ2) is 11.4. The molecule has 0 radical (unpaired) electrons. The van der Waals surface area contributed by atoms with Crippen LogP contribution in [0.2, 0.25) is 5.28 Å². The molecule has 2 aromatic carbocycles. The molecular formula is C22H26ClN3O9P2. The van der Waals surface area contributed by atoms with Crippen molar-refractivity contribution in [1.82, 2.24) is 9.97 Å². The monoisotopic (exact) mass is 573 g/mol. The lowest BCUT2D eigenvalue weighted by atomic mass is 10.0. The van der Waals surface area contributed by atoms with Crippen molar-refractivity contribution in [3.8, 4) is 0 Å². The first kappa shape index (κ1) is 28.1. The third kappa shape index (κ3) is 7.34. The van der Waals surface area contributed by atoms with Crippen molar-refractivity contribution in [2.24, 2.45) is 0 Å². The Hall–Kier alpha value is -1.95. The molecule has 1 unspecified atom stereocenters. The van der Waals surface area contributed by atoms with E-state index in [1.807, 2.05) is 30.3 Å². The lowest BCUT2D eigenvalue weighted by molar-refractivity contribution is -0.0186. The van der Waals surface area contributed by atoms with E-state index in [0.717, 1.165) is 12.0 Å². The van der Waals surface area contributed by atoms with Gasteiger partial charge in [0.2, 0.25) is 5.28 Å². The Morgan fingerprint density at radius 3 is 2.46 bits per heavy atom. The minimum atomic E-state index is -4.81. The van der Waals surface area contributed by atoms with Gasteiger partial charge in [0.25, 0.3) is 0 Å². The van der Waals surface area contributed by atoms with Crippen molar-refractivity contribution in [2.45, 2.75) is 30.8 Å². The Balaban J connectivity index is 1.47. The highest BCUT2D eigenvalue weighted by Crippen LogP contribution is 2.55. The van der Waals surface area contributed by atoms with E-state index in [9.17, 15) is 24.2 Å². The van der Waals surface area contributed by atoms with Crippen LogP contribution in [0.1, 0.15) is 17.2 Å². The molecule has 1 aromatic heterocycles. The quantitative estimate of drug-likeness (QED) is 0.154. The van der Waals surface area contributed by atoms with Crippen LogP contribution < -0.4 is 5.32 Å². The Kier molecular flexibility index (Phi) is 8.67. The molecule has 1 saturated heterocycles. The number of aromatic nitrogens is 2. The van der Waals surface area contributed by atoms with Crippen LogP contribution in [0.25, 0.3) is 10.9 Å². The molecule has 0 amide bonds. The summed E-state index contributed by atoms with van der Waals surface area (Å²) in [7, 11) is -9.46. The molecule has 4 rings (SSSR count). The van der Waals surface area contributed by atoms with Crippen molar-refractivity contribution in [3.05, 3.63) is 64.9 Å². The molecule has 1 aliphatic heterocycles. The van der Waals surface area contributed by atoms with Crippen LogP contribution in [-0.2, 0) is 24.8 Å². The zero-order valence-corrected chi connectivity index (χ0v) is 21.8. The maximum Gasteiger partial charge on any atom is 0.340 e. The maximum absolute atomic E-state index is 11.9. The molecule has 37 heavy (non-hydrogen) atoms. The SMILES string of the molecule is O=P(O)(O)CP(=O)(O)OC[C@H]1O[C@@H](c2ccc3c(NCCc4ccccc4)nc(Cl)nc3c2)[C@H](O)[C@@H]1O. The molecular weight excluding hydrogens is 548 g/mol. The van der Waals surface area contributed by atoms with Crippen molar-refractivity contribution in [1.29, 1.82) is 0 Å². The largest absolute Gasteiger partial charge is 0.387 e. The molecule has 0 spiro atoms. The van der Waals surface area contributed by atoms with E-state index < -0.39 is 52.1 Å². The average Bonchev–Trinajstić information content (AvgIpc) is 3.10. The number of rotatable bonds is 10. The third-order valence-electron chi connectivity index (χ3n) is 5.74. The standard InChI is InChI=1S/C22H26ClN3O9P2/c23-22-25-16-10-14(6-7-15(16)21(26-22)24-9-8-13-4-2-1-3-5-13)20-19(28)18(27)17(35-20)11-34-37(32,33)12-36(29,30)31/h1-7,10,17-20,27-28H,8-9,11-12H2,(H,32,33)(H,24,25,26)(H2,29,30,31)/t17-,18-,19-,20+/m1/s1. The van der Waals surface area contributed by atoms with Crippen LogP contribution in [-0.4, -0.2) is 72.2 Å². The van der Waals surface area contributed by atoms with Gasteiger partial charge in [0.15, 0.2) is 5.90 Å². The molecule has 3 aromatic rings. The highest BCUT2D eigenvalue weighted by Gasteiger charge is 2.45. The smallest absolute Gasteiger partial charge is 0.340 e. The van der Waals surface area contributed by atoms with Crippen molar-refractivity contribution in [3.63, 3.8) is 0 Å². The fourth-order valence-electron chi connectivity index (χ4n) is 4.03. The summed E-state index contributed by atoms with van der Waals surface area (Å²) in [6.07, 6.45) is -4.39. The molecule has 6 N–H and O–H groups in total. The molecule has 0 bridgehead atoms. The summed E-state index contributed by atoms with van der Waals surface area (Å²) in [5, 5.41) is 24.9. The van der Waals surface area contributed by atoms with Crippen LogP contribution in [0.4, 0.5) is 5.82 Å². The highest BCUT2D eigenvalue weighted by atomic mass is 35.5. The number of benzene rings is 2.